The molecule has 2 aromatic carbocycles. The average Bonchev–Trinajstić information content (AvgIpc) is 3.15. The van der Waals surface area contributed by atoms with Gasteiger partial charge in [-0.3, -0.25) is 4.79 Å². The first-order valence-electron chi connectivity index (χ1n) is 8.70. The molecule has 0 radical (unpaired) electrons. The highest BCUT2D eigenvalue weighted by atomic mass is 32.1. The molecule has 6 heteroatoms. The van der Waals surface area contributed by atoms with Crippen molar-refractivity contribution in [1.29, 1.82) is 0 Å². The number of hydrogen-bond acceptors (Lipinski definition) is 4. The molecule has 4 rings (SSSR count). The number of carbonyl (C=O) groups excluding carboxylic acids is 1. The van der Waals surface area contributed by atoms with Gasteiger partial charge in [0.05, 0.1) is 22.3 Å². The van der Waals surface area contributed by atoms with E-state index in [1.54, 1.807) is 29.0 Å². The number of aromatic nitrogens is 1. The molecule has 0 bridgehead atoms. The Kier molecular flexibility index (Phi) is 4.84. The zero-order valence-electron chi connectivity index (χ0n) is 14.2. The maximum absolute atomic E-state index is 13.0. The molecule has 1 amide bonds. The van der Waals surface area contributed by atoms with E-state index in [2.05, 4.69) is 4.98 Å². The van der Waals surface area contributed by atoms with Gasteiger partial charge in [-0.05, 0) is 55.3 Å². The zero-order valence-corrected chi connectivity index (χ0v) is 15.0. The second-order valence-electron chi connectivity index (χ2n) is 6.56. The van der Waals surface area contributed by atoms with Gasteiger partial charge in [-0.25, -0.2) is 9.37 Å². The third-order valence-corrected chi connectivity index (χ3v) is 5.48. The Labute approximate surface area is 155 Å². The Hall–Kier alpha value is -2.47. The highest BCUT2D eigenvalue weighted by molar-refractivity contribution is 7.16. The average molecular weight is 370 g/mol. The van der Waals surface area contributed by atoms with Crippen LogP contribution in [0.25, 0.3) is 10.2 Å². The summed E-state index contributed by atoms with van der Waals surface area (Å²) in [6.07, 6.45) is 1.99. The Morgan fingerprint density at radius 3 is 2.96 bits per heavy atom. The van der Waals surface area contributed by atoms with E-state index in [9.17, 15) is 9.18 Å². The minimum atomic E-state index is -0.273. The Balaban J connectivity index is 1.39. The Morgan fingerprint density at radius 2 is 2.12 bits per heavy atom. The van der Waals surface area contributed by atoms with E-state index in [0.717, 1.165) is 29.6 Å². The van der Waals surface area contributed by atoms with Crippen LogP contribution in [0.4, 0.5) is 4.39 Å². The van der Waals surface area contributed by atoms with Gasteiger partial charge in [0, 0.05) is 24.6 Å². The number of halogens is 1. The van der Waals surface area contributed by atoms with Crippen molar-refractivity contribution < 1.29 is 13.9 Å². The quantitative estimate of drug-likeness (QED) is 0.685. The molecule has 0 aliphatic carbocycles. The number of carbonyl (C=O) groups is 1. The van der Waals surface area contributed by atoms with Crippen LogP contribution in [0, 0.1) is 11.7 Å². The van der Waals surface area contributed by atoms with Crippen molar-refractivity contribution >= 4 is 27.5 Å². The van der Waals surface area contributed by atoms with Crippen molar-refractivity contribution in [3.63, 3.8) is 0 Å². The monoisotopic (exact) mass is 370 g/mol. The molecule has 4 nitrogen and oxygen atoms in total. The molecule has 1 saturated heterocycles. The molecule has 134 valence electrons. The fourth-order valence-electron chi connectivity index (χ4n) is 3.30. The normalized spacial score (nSPS) is 17.4. The number of fused-ring (bicyclic) bond motifs is 1. The standard InChI is InChI=1S/C20H19FN2O2S/c21-16-4-6-17(7-5-16)25-12-14-2-1-9-23(11-14)20(24)15-3-8-18-19(10-15)26-13-22-18/h3-8,10,13-14H,1-2,9,11-12H2. The van der Waals surface area contributed by atoms with Crippen LogP contribution in [0.15, 0.2) is 48.0 Å². The molecule has 1 aromatic heterocycles. The van der Waals surface area contributed by atoms with Crippen LogP contribution in [-0.2, 0) is 0 Å². The summed E-state index contributed by atoms with van der Waals surface area (Å²) in [6, 6.07) is 11.7. The van der Waals surface area contributed by atoms with Crippen LogP contribution < -0.4 is 4.74 Å². The fourth-order valence-corrected chi connectivity index (χ4v) is 4.02. The molecule has 26 heavy (non-hydrogen) atoms. The van der Waals surface area contributed by atoms with Crippen LogP contribution >= 0.6 is 11.3 Å². The van der Waals surface area contributed by atoms with E-state index < -0.39 is 0 Å². The van der Waals surface area contributed by atoms with Gasteiger partial charge in [0.1, 0.15) is 11.6 Å². The molecule has 1 unspecified atom stereocenters. The molecule has 1 fully saturated rings. The second-order valence-corrected chi connectivity index (χ2v) is 7.45. The molecule has 0 N–H and O–H groups in total. The van der Waals surface area contributed by atoms with E-state index in [1.165, 1.54) is 12.1 Å². The number of hydrogen-bond donors (Lipinski definition) is 0. The predicted molar refractivity (Wildman–Crippen MR) is 100 cm³/mol. The molecule has 3 aromatic rings. The topological polar surface area (TPSA) is 42.4 Å². The molecular formula is C20H19FN2O2S. The summed E-state index contributed by atoms with van der Waals surface area (Å²) < 4.78 is 19.8. The van der Waals surface area contributed by atoms with Crippen molar-refractivity contribution in [1.82, 2.24) is 9.88 Å². The van der Waals surface area contributed by atoms with E-state index in [1.807, 2.05) is 23.1 Å². The third kappa shape index (κ3) is 3.70. The summed E-state index contributed by atoms with van der Waals surface area (Å²) in [5.74, 6) is 0.729. The van der Waals surface area contributed by atoms with Gasteiger partial charge >= 0.3 is 0 Å². The van der Waals surface area contributed by atoms with E-state index in [0.29, 0.717) is 24.5 Å². The van der Waals surface area contributed by atoms with Crippen LogP contribution in [0.2, 0.25) is 0 Å². The van der Waals surface area contributed by atoms with Crippen LogP contribution in [-0.4, -0.2) is 35.5 Å². The molecule has 1 atom stereocenters. The van der Waals surface area contributed by atoms with Gasteiger partial charge in [-0.2, -0.15) is 0 Å². The van der Waals surface area contributed by atoms with Crippen LogP contribution in [0.1, 0.15) is 23.2 Å². The lowest BCUT2D eigenvalue weighted by Gasteiger charge is -2.32. The first kappa shape index (κ1) is 17.0. The fraction of sp³-hybridized carbons (Fsp3) is 0.300. The summed E-state index contributed by atoms with van der Waals surface area (Å²) in [4.78, 5) is 19.0. The number of ether oxygens (including phenoxy) is 1. The van der Waals surface area contributed by atoms with Crippen LogP contribution in [0.3, 0.4) is 0 Å². The summed E-state index contributed by atoms with van der Waals surface area (Å²) in [5.41, 5.74) is 3.43. The second kappa shape index (κ2) is 7.41. The molecule has 1 aliphatic rings. The largest absolute Gasteiger partial charge is 0.493 e. The number of nitrogens with zero attached hydrogens (tertiary/aromatic N) is 2. The summed E-state index contributed by atoms with van der Waals surface area (Å²) >= 11 is 1.54. The minimum Gasteiger partial charge on any atom is -0.493 e. The molecule has 2 heterocycles. The van der Waals surface area contributed by atoms with Gasteiger partial charge in [0.25, 0.3) is 5.91 Å². The van der Waals surface area contributed by atoms with Crippen molar-refractivity contribution in [2.24, 2.45) is 5.92 Å². The number of likely N-dealkylation sites (tertiary alicyclic amines) is 1. The highest BCUT2D eigenvalue weighted by Gasteiger charge is 2.25. The first-order valence-corrected chi connectivity index (χ1v) is 9.58. The molecule has 0 spiro atoms. The van der Waals surface area contributed by atoms with Crippen LogP contribution in [0.5, 0.6) is 5.75 Å². The molecule has 1 aliphatic heterocycles. The van der Waals surface area contributed by atoms with Crippen molar-refractivity contribution in [2.75, 3.05) is 19.7 Å². The minimum absolute atomic E-state index is 0.0618. The zero-order chi connectivity index (χ0) is 17.9. The van der Waals surface area contributed by atoms with Gasteiger partial charge in [-0.15, -0.1) is 11.3 Å². The summed E-state index contributed by atoms with van der Waals surface area (Å²) in [5, 5.41) is 0. The van der Waals surface area contributed by atoms with Gasteiger partial charge in [0.15, 0.2) is 0 Å². The van der Waals surface area contributed by atoms with Gasteiger partial charge in [-0.1, -0.05) is 0 Å². The lowest BCUT2D eigenvalue weighted by molar-refractivity contribution is 0.0633. The SMILES string of the molecule is O=C(c1ccc2ncsc2c1)N1CCCC(COc2ccc(F)cc2)C1. The summed E-state index contributed by atoms with van der Waals surface area (Å²) in [6.45, 7) is 1.98. The summed E-state index contributed by atoms with van der Waals surface area (Å²) in [7, 11) is 0. The van der Waals surface area contributed by atoms with Gasteiger partial charge < -0.3 is 9.64 Å². The van der Waals surface area contributed by atoms with Gasteiger partial charge in [0.2, 0.25) is 0 Å². The molecule has 0 saturated carbocycles. The molecular weight excluding hydrogens is 351 g/mol. The highest BCUT2D eigenvalue weighted by Crippen LogP contribution is 2.23. The first-order chi connectivity index (χ1) is 12.7. The smallest absolute Gasteiger partial charge is 0.253 e. The Morgan fingerprint density at radius 1 is 1.27 bits per heavy atom. The lowest BCUT2D eigenvalue weighted by Crippen LogP contribution is -2.41. The maximum Gasteiger partial charge on any atom is 0.253 e. The Bertz CT molecular complexity index is 910. The number of rotatable bonds is 4. The third-order valence-electron chi connectivity index (χ3n) is 4.68. The van der Waals surface area contributed by atoms with E-state index in [-0.39, 0.29) is 17.6 Å². The number of benzene rings is 2. The van der Waals surface area contributed by atoms with E-state index >= 15 is 0 Å². The maximum atomic E-state index is 13.0. The van der Waals surface area contributed by atoms with E-state index in [4.69, 9.17) is 4.74 Å². The number of amides is 1. The predicted octanol–water partition coefficient (Wildman–Crippen LogP) is 4.37. The van der Waals surface area contributed by atoms with Crippen molar-refractivity contribution in [3.8, 4) is 5.75 Å². The van der Waals surface area contributed by atoms with Crippen molar-refractivity contribution in [3.05, 3.63) is 59.4 Å². The van der Waals surface area contributed by atoms with Crippen molar-refractivity contribution in [2.45, 2.75) is 12.8 Å². The number of piperidine rings is 1. The number of thiazole rings is 1. The lowest BCUT2D eigenvalue weighted by atomic mass is 9.98.